The van der Waals surface area contributed by atoms with Crippen LogP contribution in [0.1, 0.15) is 27.4 Å². The van der Waals surface area contributed by atoms with Crippen molar-refractivity contribution in [3.8, 4) is 0 Å². The van der Waals surface area contributed by atoms with E-state index in [4.69, 9.17) is 0 Å². The van der Waals surface area contributed by atoms with E-state index in [2.05, 4.69) is 29.7 Å². The molecular formula is C21H20N2O2S2. The van der Waals surface area contributed by atoms with Crippen LogP contribution < -0.4 is 10.6 Å². The SMILES string of the molecule is CC(SCC(=O)Nc1ccc(NC(=O)c2cccs2)cc1)c1ccccc1. The number of amides is 2. The van der Waals surface area contributed by atoms with Gasteiger partial charge in [-0.2, -0.15) is 0 Å². The summed E-state index contributed by atoms with van der Waals surface area (Å²) in [7, 11) is 0. The largest absolute Gasteiger partial charge is 0.325 e. The van der Waals surface area contributed by atoms with E-state index < -0.39 is 0 Å². The number of hydrogen-bond donors (Lipinski definition) is 2. The van der Waals surface area contributed by atoms with Crippen LogP contribution in [0.2, 0.25) is 0 Å². The lowest BCUT2D eigenvalue weighted by molar-refractivity contribution is -0.113. The molecule has 1 heterocycles. The second-order valence-corrected chi connectivity index (χ2v) is 8.20. The highest BCUT2D eigenvalue weighted by molar-refractivity contribution is 8.00. The van der Waals surface area contributed by atoms with Gasteiger partial charge in [0.1, 0.15) is 0 Å². The minimum Gasteiger partial charge on any atom is -0.325 e. The van der Waals surface area contributed by atoms with Crippen molar-refractivity contribution < 1.29 is 9.59 Å². The third-order valence-corrected chi connectivity index (χ3v) is 5.97. The minimum atomic E-state index is -0.131. The Morgan fingerprint density at radius 2 is 1.59 bits per heavy atom. The number of thioether (sulfide) groups is 1. The number of nitrogens with one attached hydrogen (secondary N) is 2. The van der Waals surface area contributed by atoms with Crippen molar-refractivity contribution in [3.63, 3.8) is 0 Å². The average Bonchev–Trinajstić information content (AvgIpc) is 3.23. The summed E-state index contributed by atoms with van der Waals surface area (Å²) in [6.07, 6.45) is 0. The molecule has 1 unspecified atom stereocenters. The van der Waals surface area contributed by atoms with Crippen LogP contribution in [0.5, 0.6) is 0 Å². The Hall–Kier alpha value is -2.57. The maximum Gasteiger partial charge on any atom is 0.265 e. The lowest BCUT2D eigenvalue weighted by Crippen LogP contribution is -2.15. The van der Waals surface area contributed by atoms with Gasteiger partial charge >= 0.3 is 0 Å². The molecule has 4 nitrogen and oxygen atoms in total. The van der Waals surface area contributed by atoms with Crippen LogP contribution in [0, 0.1) is 0 Å². The van der Waals surface area contributed by atoms with Crippen molar-refractivity contribution in [1.29, 1.82) is 0 Å². The predicted octanol–water partition coefficient (Wildman–Crippen LogP) is 5.43. The van der Waals surface area contributed by atoms with Crippen molar-refractivity contribution in [2.75, 3.05) is 16.4 Å². The highest BCUT2D eigenvalue weighted by Gasteiger charge is 2.10. The van der Waals surface area contributed by atoms with Gasteiger partial charge in [0.2, 0.25) is 5.91 Å². The van der Waals surface area contributed by atoms with Crippen molar-refractivity contribution in [2.45, 2.75) is 12.2 Å². The molecule has 138 valence electrons. The van der Waals surface area contributed by atoms with E-state index in [1.165, 1.54) is 16.9 Å². The Morgan fingerprint density at radius 1 is 0.926 bits per heavy atom. The molecule has 6 heteroatoms. The Kier molecular flexibility index (Phi) is 6.68. The monoisotopic (exact) mass is 396 g/mol. The molecule has 3 aromatic rings. The van der Waals surface area contributed by atoms with Gasteiger partial charge in [0.05, 0.1) is 10.6 Å². The lowest BCUT2D eigenvalue weighted by atomic mass is 10.2. The second-order valence-electron chi connectivity index (χ2n) is 5.92. The van der Waals surface area contributed by atoms with Crippen molar-refractivity contribution in [2.24, 2.45) is 0 Å². The molecule has 2 amide bonds. The van der Waals surface area contributed by atoms with Gasteiger partial charge in [-0.1, -0.05) is 36.4 Å². The number of thiophene rings is 1. The summed E-state index contributed by atoms with van der Waals surface area (Å²) in [6, 6.07) is 20.9. The maximum atomic E-state index is 12.2. The summed E-state index contributed by atoms with van der Waals surface area (Å²) in [5, 5.41) is 7.85. The molecule has 27 heavy (non-hydrogen) atoms. The standard InChI is InChI=1S/C21H20N2O2S2/c1-15(16-6-3-2-4-7-16)27-14-20(24)22-17-9-11-18(12-10-17)23-21(25)19-8-5-13-26-19/h2-13,15H,14H2,1H3,(H,22,24)(H,23,25). The number of benzene rings is 2. The number of rotatable bonds is 7. The number of carbonyl (C=O) groups is 2. The van der Waals surface area contributed by atoms with E-state index in [1.54, 1.807) is 42.1 Å². The Morgan fingerprint density at radius 3 is 2.22 bits per heavy atom. The summed E-state index contributed by atoms with van der Waals surface area (Å²) in [5.74, 6) is 0.207. The average molecular weight is 397 g/mol. The van der Waals surface area contributed by atoms with Crippen LogP contribution in [-0.4, -0.2) is 17.6 Å². The summed E-state index contributed by atoms with van der Waals surface area (Å²) in [5.41, 5.74) is 2.61. The van der Waals surface area contributed by atoms with E-state index in [0.29, 0.717) is 22.0 Å². The molecule has 0 bridgehead atoms. The van der Waals surface area contributed by atoms with E-state index >= 15 is 0 Å². The van der Waals surface area contributed by atoms with Gasteiger partial charge in [-0.15, -0.1) is 23.1 Å². The van der Waals surface area contributed by atoms with Crippen LogP contribution in [-0.2, 0) is 4.79 Å². The highest BCUT2D eigenvalue weighted by Crippen LogP contribution is 2.27. The molecule has 0 saturated heterocycles. The first-order chi connectivity index (χ1) is 13.1. The van der Waals surface area contributed by atoms with Gasteiger partial charge in [0.15, 0.2) is 0 Å². The Balaban J connectivity index is 1.47. The summed E-state index contributed by atoms with van der Waals surface area (Å²) < 4.78 is 0. The zero-order chi connectivity index (χ0) is 19.1. The van der Waals surface area contributed by atoms with E-state index in [9.17, 15) is 9.59 Å². The second kappa shape index (κ2) is 9.39. The molecule has 0 aliphatic carbocycles. The first kappa shape index (κ1) is 19.2. The molecule has 1 atom stereocenters. The molecule has 0 spiro atoms. The predicted molar refractivity (Wildman–Crippen MR) is 115 cm³/mol. The van der Waals surface area contributed by atoms with Crippen LogP contribution in [0.4, 0.5) is 11.4 Å². The smallest absolute Gasteiger partial charge is 0.265 e. The molecule has 0 radical (unpaired) electrons. The fourth-order valence-electron chi connectivity index (χ4n) is 2.46. The Bertz CT molecular complexity index is 878. The highest BCUT2D eigenvalue weighted by atomic mass is 32.2. The molecule has 0 saturated carbocycles. The van der Waals surface area contributed by atoms with Gasteiger partial charge in [0, 0.05) is 16.6 Å². The third kappa shape index (κ3) is 5.70. The van der Waals surface area contributed by atoms with Crippen LogP contribution >= 0.6 is 23.1 Å². The first-order valence-corrected chi connectivity index (χ1v) is 10.5. The van der Waals surface area contributed by atoms with E-state index in [1.807, 2.05) is 29.6 Å². The molecule has 0 fully saturated rings. The zero-order valence-electron chi connectivity index (χ0n) is 14.8. The van der Waals surface area contributed by atoms with Gasteiger partial charge in [-0.3, -0.25) is 9.59 Å². The molecule has 3 rings (SSSR count). The van der Waals surface area contributed by atoms with Crippen molar-refractivity contribution in [3.05, 3.63) is 82.6 Å². The fourth-order valence-corrected chi connectivity index (χ4v) is 3.90. The normalized spacial score (nSPS) is 11.6. The van der Waals surface area contributed by atoms with Crippen LogP contribution in [0.3, 0.4) is 0 Å². The third-order valence-electron chi connectivity index (χ3n) is 3.90. The summed E-state index contributed by atoms with van der Waals surface area (Å²) >= 11 is 3.00. The molecule has 0 aliphatic heterocycles. The minimum absolute atomic E-state index is 0.0434. The van der Waals surface area contributed by atoms with Gasteiger partial charge in [-0.05, 0) is 48.2 Å². The molecule has 0 aliphatic rings. The summed E-state index contributed by atoms with van der Waals surface area (Å²) in [4.78, 5) is 24.9. The van der Waals surface area contributed by atoms with Crippen molar-refractivity contribution in [1.82, 2.24) is 0 Å². The van der Waals surface area contributed by atoms with Gasteiger partial charge in [-0.25, -0.2) is 0 Å². The number of hydrogen-bond acceptors (Lipinski definition) is 4. The van der Waals surface area contributed by atoms with Gasteiger partial charge < -0.3 is 10.6 Å². The number of carbonyl (C=O) groups excluding carboxylic acids is 2. The van der Waals surface area contributed by atoms with Crippen LogP contribution in [0.25, 0.3) is 0 Å². The van der Waals surface area contributed by atoms with Crippen LogP contribution in [0.15, 0.2) is 72.1 Å². The molecular weight excluding hydrogens is 376 g/mol. The fraction of sp³-hybridized carbons (Fsp3) is 0.143. The van der Waals surface area contributed by atoms with E-state index in [0.717, 1.165) is 0 Å². The van der Waals surface area contributed by atoms with E-state index in [-0.39, 0.29) is 17.1 Å². The van der Waals surface area contributed by atoms with Gasteiger partial charge in [0.25, 0.3) is 5.91 Å². The van der Waals surface area contributed by atoms with Crippen molar-refractivity contribution >= 4 is 46.3 Å². The lowest BCUT2D eigenvalue weighted by Gasteiger charge is -2.12. The quantitative estimate of drug-likeness (QED) is 0.560. The Labute approximate surface area is 167 Å². The molecule has 1 aromatic heterocycles. The topological polar surface area (TPSA) is 58.2 Å². The molecule has 2 aromatic carbocycles. The zero-order valence-corrected chi connectivity index (χ0v) is 16.5. The molecule has 2 N–H and O–H groups in total. The summed E-state index contributed by atoms with van der Waals surface area (Å²) in [6.45, 7) is 2.10. The maximum absolute atomic E-state index is 12.2. The first-order valence-electron chi connectivity index (χ1n) is 8.53. The number of anilines is 2.